The van der Waals surface area contributed by atoms with E-state index in [1.54, 1.807) is 31.2 Å². The van der Waals surface area contributed by atoms with E-state index >= 15 is 0 Å². The zero-order chi connectivity index (χ0) is 27.7. The fourth-order valence-electron chi connectivity index (χ4n) is 4.15. The van der Waals surface area contributed by atoms with Gasteiger partial charge in [-0.15, -0.1) is 0 Å². The summed E-state index contributed by atoms with van der Waals surface area (Å²) in [6.45, 7) is 3.74. The van der Waals surface area contributed by atoms with Gasteiger partial charge < -0.3 is 15.0 Å². The predicted molar refractivity (Wildman–Crippen MR) is 150 cm³/mol. The van der Waals surface area contributed by atoms with Gasteiger partial charge in [-0.25, -0.2) is 8.42 Å². The van der Waals surface area contributed by atoms with Crippen LogP contribution in [0.3, 0.4) is 0 Å². The standard InChI is InChI=1S/C29H35N3O5S/c1-5-37-27-14-10-9-13-25(27)32(38(4,35)36)21-28(33)31(20-24-17-15-22(2)16-18-24)26(29(34)30-3)19-23-11-7-6-8-12-23/h6-18,26H,5,19-21H2,1-4H3,(H,30,34)/t26-/m1/s1. The zero-order valence-electron chi connectivity index (χ0n) is 22.3. The number of carbonyl (C=O) groups excluding carboxylic acids is 2. The van der Waals surface area contributed by atoms with E-state index in [9.17, 15) is 18.0 Å². The van der Waals surface area contributed by atoms with Gasteiger partial charge >= 0.3 is 0 Å². The first kappa shape index (κ1) is 28.7. The van der Waals surface area contributed by atoms with Crippen LogP contribution in [0.4, 0.5) is 5.69 Å². The lowest BCUT2D eigenvalue weighted by atomic mass is 10.0. The number of anilines is 1. The molecule has 0 saturated carbocycles. The summed E-state index contributed by atoms with van der Waals surface area (Å²) in [4.78, 5) is 28.6. The van der Waals surface area contributed by atoms with Crippen molar-refractivity contribution in [1.82, 2.24) is 10.2 Å². The van der Waals surface area contributed by atoms with Crippen molar-refractivity contribution in [2.75, 3.05) is 30.8 Å². The van der Waals surface area contributed by atoms with Crippen LogP contribution in [0.5, 0.6) is 5.75 Å². The molecule has 0 saturated heterocycles. The topological polar surface area (TPSA) is 96.0 Å². The Labute approximate surface area is 225 Å². The van der Waals surface area contributed by atoms with Crippen LogP contribution in [0, 0.1) is 6.92 Å². The molecular weight excluding hydrogens is 502 g/mol. The molecule has 2 amide bonds. The van der Waals surface area contributed by atoms with E-state index in [1.165, 1.54) is 11.9 Å². The number of sulfonamides is 1. The molecular formula is C29H35N3O5S. The number of benzene rings is 3. The number of likely N-dealkylation sites (N-methyl/N-ethyl adjacent to an activating group) is 1. The highest BCUT2D eigenvalue weighted by molar-refractivity contribution is 7.92. The first-order valence-electron chi connectivity index (χ1n) is 12.4. The highest BCUT2D eigenvalue weighted by atomic mass is 32.2. The van der Waals surface area contributed by atoms with Gasteiger partial charge in [0.25, 0.3) is 0 Å². The number of ether oxygens (including phenoxy) is 1. The van der Waals surface area contributed by atoms with Crippen LogP contribution in [0.15, 0.2) is 78.9 Å². The molecule has 1 atom stereocenters. The van der Waals surface area contributed by atoms with Gasteiger partial charge in [0, 0.05) is 20.0 Å². The summed E-state index contributed by atoms with van der Waals surface area (Å²) in [5.41, 5.74) is 3.03. The second kappa shape index (κ2) is 13.1. The van der Waals surface area contributed by atoms with Gasteiger partial charge in [-0.3, -0.25) is 13.9 Å². The molecule has 8 nitrogen and oxygen atoms in total. The fraction of sp³-hybridized carbons (Fsp3) is 0.310. The Hall–Kier alpha value is -3.85. The Bertz CT molecular complexity index is 1330. The van der Waals surface area contributed by atoms with Crippen LogP contribution in [0.1, 0.15) is 23.6 Å². The third-order valence-electron chi connectivity index (χ3n) is 6.10. The van der Waals surface area contributed by atoms with Crippen LogP contribution in [0.25, 0.3) is 0 Å². The molecule has 0 aliphatic rings. The monoisotopic (exact) mass is 537 g/mol. The smallest absolute Gasteiger partial charge is 0.244 e. The Morgan fingerprint density at radius 2 is 1.55 bits per heavy atom. The van der Waals surface area contributed by atoms with E-state index in [4.69, 9.17) is 4.74 Å². The number of aryl methyl sites for hydroxylation is 1. The summed E-state index contributed by atoms with van der Waals surface area (Å²) >= 11 is 0. The summed E-state index contributed by atoms with van der Waals surface area (Å²) < 4.78 is 32.5. The van der Waals surface area contributed by atoms with Crippen LogP contribution in [-0.2, 0) is 32.6 Å². The third kappa shape index (κ3) is 7.58. The number of amides is 2. The SMILES string of the molecule is CCOc1ccccc1N(CC(=O)N(Cc1ccc(C)cc1)[C@H](Cc1ccccc1)C(=O)NC)S(C)(=O)=O. The Kier molecular flexibility index (Phi) is 9.90. The summed E-state index contributed by atoms with van der Waals surface area (Å²) in [5, 5.41) is 2.67. The molecule has 202 valence electrons. The van der Waals surface area contributed by atoms with E-state index in [0.717, 1.165) is 27.3 Å². The van der Waals surface area contributed by atoms with E-state index in [-0.39, 0.29) is 24.6 Å². The summed E-state index contributed by atoms with van der Waals surface area (Å²) in [6.07, 6.45) is 1.32. The molecule has 3 aromatic rings. The van der Waals surface area contributed by atoms with Gasteiger partial charge in [0.05, 0.1) is 18.6 Å². The van der Waals surface area contributed by atoms with Crippen molar-refractivity contribution in [2.24, 2.45) is 0 Å². The molecule has 0 aliphatic carbocycles. The van der Waals surface area contributed by atoms with Crippen LogP contribution >= 0.6 is 0 Å². The molecule has 0 heterocycles. The van der Waals surface area contributed by atoms with Crippen LogP contribution < -0.4 is 14.4 Å². The van der Waals surface area contributed by atoms with Gasteiger partial charge in [-0.05, 0) is 37.1 Å². The molecule has 9 heteroatoms. The highest BCUT2D eigenvalue weighted by Crippen LogP contribution is 2.30. The number of rotatable bonds is 12. The normalized spacial score (nSPS) is 11.9. The van der Waals surface area contributed by atoms with Gasteiger partial charge in [0.2, 0.25) is 21.8 Å². The van der Waals surface area contributed by atoms with Crippen molar-refractivity contribution >= 4 is 27.5 Å². The molecule has 38 heavy (non-hydrogen) atoms. The van der Waals surface area contributed by atoms with E-state index in [0.29, 0.717) is 12.4 Å². The average Bonchev–Trinajstić information content (AvgIpc) is 2.90. The number of hydrogen-bond donors (Lipinski definition) is 1. The zero-order valence-corrected chi connectivity index (χ0v) is 23.1. The molecule has 0 spiro atoms. The van der Waals surface area contributed by atoms with E-state index in [1.807, 2.05) is 61.5 Å². The fourth-order valence-corrected chi connectivity index (χ4v) is 5.00. The van der Waals surface area contributed by atoms with Gasteiger partial charge in [-0.2, -0.15) is 0 Å². The maximum absolute atomic E-state index is 14.0. The van der Waals surface area contributed by atoms with Crippen molar-refractivity contribution in [2.45, 2.75) is 32.9 Å². The molecule has 0 radical (unpaired) electrons. The molecule has 3 aromatic carbocycles. The maximum Gasteiger partial charge on any atom is 0.244 e. The van der Waals surface area contributed by atoms with Crippen LogP contribution in [0.2, 0.25) is 0 Å². The quantitative estimate of drug-likeness (QED) is 0.381. The second-order valence-corrected chi connectivity index (χ2v) is 10.9. The Balaban J connectivity index is 2.04. The van der Waals surface area contributed by atoms with Crippen molar-refractivity contribution < 1.29 is 22.7 Å². The third-order valence-corrected chi connectivity index (χ3v) is 7.23. The molecule has 0 bridgehead atoms. The summed E-state index contributed by atoms with van der Waals surface area (Å²) in [7, 11) is -2.35. The second-order valence-electron chi connectivity index (χ2n) is 9.00. The molecule has 0 unspecified atom stereocenters. The minimum absolute atomic E-state index is 0.134. The minimum Gasteiger partial charge on any atom is -0.492 e. The van der Waals surface area contributed by atoms with Crippen molar-refractivity contribution in [3.63, 3.8) is 0 Å². The van der Waals surface area contributed by atoms with Crippen molar-refractivity contribution in [3.8, 4) is 5.75 Å². The number of hydrogen-bond acceptors (Lipinski definition) is 5. The first-order chi connectivity index (χ1) is 18.1. The predicted octanol–water partition coefficient (Wildman–Crippen LogP) is 3.55. The first-order valence-corrected chi connectivity index (χ1v) is 14.3. The lowest BCUT2D eigenvalue weighted by Gasteiger charge is -2.33. The van der Waals surface area contributed by atoms with Gasteiger partial charge in [0.1, 0.15) is 18.3 Å². The molecule has 0 fully saturated rings. The summed E-state index contributed by atoms with van der Waals surface area (Å²) in [6, 6.07) is 22.9. The number of nitrogens with zero attached hydrogens (tertiary/aromatic N) is 2. The number of para-hydroxylation sites is 2. The maximum atomic E-state index is 14.0. The van der Waals surface area contributed by atoms with Crippen molar-refractivity contribution in [1.29, 1.82) is 0 Å². The van der Waals surface area contributed by atoms with E-state index in [2.05, 4.69) is 5.32 Å². The molecule has 0 aromatic heterocycles. The lowest BCUT2D eigenvalue weighted by Crippen LogP contribution is -2.52. The summed E-state index contributed by atoms with van der Waals surface area (Å²) in [5.74, 6) is -0.493. The van der Waals surface area contributed by atoms with Gasteiger partial charge in [0.15, 0.2) is 0 Å². The lowest BCUT2D eigenvalue weighted by molar-refractivity contribution is -0.139. The largest absolute Gasteiger partial charge is 0.492 e. The van der Waals surface area contributed by atoms with Crippen LogP contribution in [-0.4, -0.2) is 57.6 Å². The molecule has 3 rings (SSSR count). The average molecular weight is 538 g/mol. The number of nitrogens with one attached hydrogen (secondary N) is 1. The Morgan fingerprint density at radius 3 is 2.16 bits per heavy atom. The Morgan fingerprint density at radius 1 is 0.921 bits per heavy atom. The number of carbonyl (C=O) groups is 2. The molecule has 0 aliphatic heterocycles. The van der Waals surface area contributed by atoms with Gasteiger partial charge in [-0.1, -0.05) is 72.3 Å². The molecule has 1 N–H and O–H groups in total. The highest BCUT2D eigenvalue weighted by Gasteiger charge is 2.33. The minimum atomic E-state index is -3.87. The van der Waals surface area contributed by atoms with Crippen molar-refractivity contribution in [3.05, 3.63) is 95.6 Å². The van der Waals surface area contributed by atoms with E-state index < -0.39 is 28.5 Å².